The standard InChI is InChI=1S/C25H28N4O4S/c1-4-32-20-11-7-19(8-12-20)29-13-22(14-29)33-21-9-5-18(6-10-21)16(2)26-24(31)23-15-34-25(28-23)27-17(3)30/h5-12,15-16,22H,4,13-14H2,1-3H3,(H,26,31)(H,27,28,30). The lowest BCUT2D eigenvalue weighted by molar-refractivity contribution is -0.114. The SMILES string of the molecule is CCOc1ccc(N2CC(Oc3ccc(C(C)NC(=O)c4csc(NC(C)=O)n4)cc3)C2)cc1. The summed E-state index contributed by atoms with van der Waals surface area (Å²) in [6, 6.07) is 15.7. The van der Waals surface area contributed by atoms with Gasteiger partial charge in [0.25, 0.3) is 5.91 Å². The van der Waals surface area contributed by atoms with Crippen molar-refractivity contribution in [2.75, 3.05) is 29.9 Å². The summed E-state index contributed by atoms with van der Waals surface area (Å²) in [5.41, 5.74) is 2.40. The molecule has 0 radical (unpaired) electrons. The number of hydrogen-bond acceptors (Lipinski definition) is 7. The van der Waals surface area contributed by atoms with E-state index in [0.29, 0.717) is 11.7 Å². The first kappa shape index (κ1) is 23.6. The predicted octanol–water partition coefficient (Wildman–Crippen LogP) is 4.26. The van der Waals surface area contributed by atoms with Gasteiger partial charge in [-0.05, 0) is 55.8 Å². The van der Waals surface area contributed by atoms with Crippen LogP contribution in [0.25, 0.3) is 0 Å². The van der Waals surface area contributed by atoms with Crippen LogP contribution in [0.5, 0.6) is 11.5 Å². The van der Waals surface area contributed by atoms with Crippen molar-refractivity contribution in [3.05, 3.63) is 65.2 Å². The van der Waals surface area contributed by atoms with Gasteiger partial charge < -0.3 is 25.0 Å². The van der Waals surface area contributed by atoms with Gasteiger partial charge in [-0.15, -0.1) is 11.3 Å². The molecule has 0 aliphatic carbocycles. The number of anilines is 2. The Kier molecular flexibility index (Phi) is 7.32. The number of rotatable bonds is 9. The van der Waals surface area contributed by atoms with Gasteiger partial charge in [-0.1, -0.05) is 12.1 Å². The second-order valence-corrected chi connectivity index (χ2v) is 8.91. The van der Waals surface area contributed by atoms with Crippen LogP contribution in [0.3, 0.4) is 0 Å². The Labute approximate surface area is 202 Å². The number of thiazole rings is 1. The van der Waals surface area contributed by atoms with E-state index in [2.05, 4.69) is 32.7 Å². The lowest BCUT2D eigenvalue weighted by Crippen LogP contribution is -2.54. The largest absolute Gasteiger partial charge is 0.494 e. The summed E-state index contributed by atoms with van der Waals surface area (Å²) < 4.78 is 11.6. The number of aromatic nitrogens is 1. The molecular weight excluding hydrogens is 452 g/mol. The van der Waals surface area contributed by atoms with Crippen LogP contribution in [0.15, 0.2) is 53.9 Å². The van der Waals surface area contributed by atoms with Gasteiger partial charge in [-0.2, -0.15) is 0 Å². The highest BCUT2D eigenvalue weighted by molar-refractivity contribution is 7.14. The Morgan fingerprint density at radius 2 is 1.79 bits per heavy atom. The second kappa shape index (κ2) is 10.6. The van der Waals surface area contributed by atoms with Gasteiger partial charge in [0.05, 0.1) is 25.7 Å². The van der Waals surface area contributed by atoms with Crippen LogP contribution >= 0.6 is 11.3 Å². The molecular formula is C25H28N4O4S. The first-order valence-electron chi connectivity index (χ1n) is 11.2. The summed E-state index contributed by atoms with van der Waals surface area (Å²) in [6.07, 6.45) is 0.136. The van der Waals surface area contributed by atoms with E-state index in [9.17, 15) is 9.59 Å². The molecule has 1 fully saturated rings. The molecule has 2 heterocycles. The lowest BCUT2D eigenvalue weighted by Gasteiger charge is -2.40. The van der Waals surface area contributed by atoms with Crippen molar-refractivity contribution in [1.29, 1.82) is 0 Å². The van der Waals surface area contributed by atoms with Crippen molar-refractivity contribution < 1.29 is 19.1 Å². The lowest BCUT2D eigenvalue weighted by atomic mass is 10.1. The van der Waals surface area contributed by atoms with Crippen LogP contribution in [0.4, 0.5) is 10.8 Å². The van der Waals surface area contributed by atoms with Gasteiger partial charge in [0.1, 0.15) is 23.3 Å². The molecule has 9 heteroatoms. The zero-order valence-electron chi connectivity index (χ0n) is 19.4. The molecule has 1 saturated heterocycles. The van der Waals surface area contributed by atoms with Gasteiger partial charge in [-0.25, -0.2) is 4.98 Å². The topological polar surface area (TPSA) is 92.8 Å². The third kappa shape index (κ3) is 5.85. The van der Waals surface area contributed by atoms with Crippen LogP contribution in [-0.2, 0) is 4.79 Å². The summed E-state index contributed by atoms with van der Waals surface area (Å²) in [5.74, 6) is 1.18. The molecule has 1 aliphatic rings. The Hall–Kier alpha value is -3.59. The number of carbonyl (C=O) groups excluding carboxylic acids is 2. The molecule has 3 aromatic rings. The third-order valence-corrected chi connectivity index (χ3v) is 6.17. The minimum Gasteiger partial charge on any atom is -0.494 e. The van der Waals surface area contributed by atoms with Crippen LogP contribution in [-0.4, -0.2) is 42.6 Å². The Morgan fingerprint density at radius 1 is 1.12 bits per heavy atom. The summed E-state index contributed by atoms with van der Waals surface area (Å²) in [4.78, 5) is 30.0. The monoisotopic (exact) mass is 480 g/mol. The normalized spacial score (nSPS) is 14.1. The molecule has 34 heavy (non-hydrogen) atoms. The average molecular weight is 481 g/mol. The molecule has 2 N–H and O–H groups in total. The number of ether oxygens (including phenoxy) is 2. The number of benzene rings is 2. The maximum absolute atomic E-state index is 12.5. The number of nitrogens with zero attached hydrogens (tertiary/aromatic N) is 2. The van der Waals surface area contributed by atoms with Gasteiger partial charge in [0.15, 0.2) is 5.13 Å². The van der Waals surface area contributed by atoms with Crippen molar-refractivity contribution >= 4 is 34.0 Å². The van der Waals surface area contributed by atoms with Crippen LogP contribution in [0.1, 0.15) is 42.9 Å². The fourth-order valence-electron chi connectivity index (χ4n) is 3.61. The summed E-state index contributed by atoms with van der Waals surface area (Å²) in [5, 5.41) is 7.55. The number of amides is 2. The van der Waals surface area contributed by atoms with Crippen molar-refractivity contribution in [1.82, 2.24) is 10.3 Å². The van der Waals surface area contributed by atoms with Gasteiger partial charge in [0, 0.05) is 18.0 Å². The summed E-state index contributed by atoms with van der Waals surface area (Å²) in [6.45, 7) is 7.61. The maximum Gasteiger partial charge on any atom is 0.271 e. The molecule has 178 valence electrons. The second-order valence-electron chi connectivity index (χ2n) is 8.06. The van der Waals surface area contributed by atoms with Crippen molar-refractivity contribution in [2.24, 2.45) is 0 Å². The number of nitrogens with one attached hydrogen (secondary N) is 2. The molecule has 0 saturated carbocycles. The first-order chi connectivity index (χ1) is 16.4. The Balaban J connectivity index is 1.25. The summed E-state index contributed by atoms with van der Waals surface area (Å²) in [7, 11) is 0. The molecule has 2 amide bonds. The van der Waals surface area contributed by atoms with Crippen LogP contribution < -0.4 is 25.0 Å². The minimum absolute atomic E-state index is 0.136. The average Bonchev–Trinajstić information content (AvgIpc) is 3.25. The minimum atomic E-state index is -0.287. The maximum atomic E-state index is 12.5. The molecule has 2 aromatic carbocycles. The molecule has 1 aliphatic heterocycles. The predicted molar refractivity (Wildman–Crippen MR) is 133 cm³/mol. The van der Waals surface area contributed by atoms with Gasteiger partial charge >= 0.3 is 0 Å². The smallest absolute Gasteiger partial charge is 0.271 e. The van der Waals surface area contributed by atoms with E-state index in [-0.39, 0.29) is 29.7 Å². The third-order valence-electron chi connectivity index (χ3n) is 5.41. The molecule has 1 unspecified atom stereocenters. The molecule has 1 aromatic heterocycles. The zero-order chi connectivity index (χ0) is 24.1. The fraction of sp³-hybridized carbons (Fsp3) is 0.320. The van der Waals surface area contributed by atoms with E-state index in [1.54, 1.807) is 5.38 Å². The van der Waals surface area contributed by atoms with E-state index in [1.165, 1.54) is 18.3 Å². The van der Waals surface area contributed by atoms with E-state index in [1.807, 2.05) is 50.2 Å². The highest BCUT2D eigenvalue weighted by atomic mass is 32.1. The molecule has 1 atom stereocenters. The first-order valence-corrected chi connectivity index (χ1v) is 12.1. The van der Waals surface area contributed by atoms with E-state index >= 15 is 0 Å². The molecule has 0 bridgehead atoms. The van der Waals surface area contributed by atoms with Crippen molar-refractivity contribution in [2.45, 2.75) is 32.9 Å². The summed E-state index contributed by atoms with van der Waals surface area (Å²) >= 11 is 1.22. The van der Waals surface area contributed by atoms with E-state index < -0.39 is 0 Å². The molecule has 8 nitrogen and oxygen atoms in total. The highest BCUT2D eigenvalue weighted by Gasteiger charge is 2.28. The molecule has 4 rings (SSSR count). The van der Waals surface area contributed by atoms with Crippen LogP contribution in [0, 0.1) is 0 Å². The number of hydrogen-bond donors (Lipinski definition) is 2. The van der Waals surface area contributed by atoms with Gasteiger partial charge in [-0.3, -0.25) is 9.59 Å². The number of carbonyl (C=O) groups is 2. The van der Waals surface area contributed by atoms with Crippen LogP contribution in [0.2, 0.25) is 0 Å². The quantitative estimate of drug-likeness (QED) is 0.475. The zero-order valence-corrected chi connectivity index (χ0v) is 20.2. The molecule has 0 spiro atoms. The van der Waals surface area contributed by atoms with E-state index in [0.717, 1.165) is 35.8 Å². The Morgan fingerprint density at radius 3 is 2.44 bits per heavy atom. The Bertz CT molecular complexity index is 1120. The van der Waals surface area contributed by atoms with Gasteiger partial charge in [0.2, 0.25) is 5.91 Å². The van der Waals surface area contributed by atoms with Crippen molar-refractivity contribution in [3.63, 3.8) is 0 Å². The van der Waals surface area contributed by atoms with Crippen molar-refractivity contribution in [3.8, 4) is 11.5 Å². The van der Waals surface area contributed by atoms with E-state index in [4.69, 9.17) is 9.47 Å². The highest BCUT2D eigenvalue weighted by Crippen LogP contribution is 2.27. The fourth-order valence-corrected chi connectivity index (χ4v) is 4.35.